The lowest BCUT2D eigenvalue weighted by molar-refractivity contribution is 0.635. The molecule has 0 radical (unpaired) electrons. The van der Waals surface area contributed by atoms with Gasteiger partial charge in [0.2, 0.25) is 0 Å². The van der Waals surface area contributed by atoms with Crippen LogP contribution in [0, 0.1) is 27.7 Å². The Bertz CT molecular complexity index is 1030. The van der Waals surface area contributed by atoms with Crippen molar-refractivity contribution >= 4 is 29.9 Å². The van der Waals surface area contributed by atoms with Gasteiger partial charge < -0.3 is 10.6 Å². The lowest BCUT2D eigenvalue weighted by Gasteiger charge is -2.18. The fourth-order valence-electron chi connectivity index (χ4n) is 3.59. The molecule has 8 nitrogen and oxygen atoms in total. The number of hydrogen-bond acceptors (Lipinski definition) is 4. The van der Waals surface area contributed by atoms with Crippen LogP contribution in [-0.2, 0) is 20.0 Å². The molecule has 0 fully saturated rings. The van der Waals surface area contributed by atoms with Crippen LogP contribution in [0.25, 0.3) is 5.82 Å². The second kappa shape index (κ2) is 10.7. The van der Waals surface area contributed by atoms with Gasteiger partial charge in [-0.1, -0.05) is 6.07 Å². The number of nitrogens with one attached hydrogen (secondary N) is 2. The molecule has 2 N–H and O–H groups in total. The average molecular weight is 536 g/mol. The Morgan fingerprint density at radius 2 is 1.90 bits per heavy atom. The SMILES string of the molecule is CN=C(NCc1ccc(-n2nc(C)cc2C)nc1)NC(C)Cc1c(C)nn(C)c1C.I. The molecule has 0 spiro atoms. The van der Waals surface area contributed by atoms with Crippen LogP contribution < -0.4 is 10.6 Å². The lowest BCUT2D eigenvalue weighted by Crippen LogP contribution is -2.42. The minimum atomic E-state index is 0. The molecule has 31 heavy (non-hydrogen) atoms. The summed E-state index contributed by atoms with van der Waals surface area (Å²) >= 11 is 0. The first-order valence-corrected chi connectivity index (χ1v) is 10.2. The molecule has 0 amide bonds. The van der Waals surface area contributed by atoms with Gasteiger partial charge in [-0.3, -0.25) is 9.67 Å². The zero-order valence-corrected chi connectivity index (χ0v) is 21.7. The summed E-state index contributed by atoms with van der Waals surface area (Å²) in [5.74, 6) is 1.59. The Morgan fingerprint density at radius 1 is 1.16 bits per heavy atom. The molecule has 0 aromatic carbocycles. The molecule has 1 atom stereocenters. The second-order valence-electron chi connectivity index (χ2n) is 7.81. The number of nitrogens with zero attached hydrogens (tertiary/aromatic N) is 6. The van der Waals surface area contributed by atoms with Crippen molar-refractivity contribution < 1.29 is 0 Å². The van der Waals surface area contributed by atoms with E-state index in [-0.39, 0.29) is 30.0 Å². The molecule has 3 rings (SSSR count). The molecule has 0 aliphatic rings. The van der Waals surface area contributed by atoms with Crippen LogP contribution >= 0.6 is 24.0 Å². The molecule has 9 heteroatoms. The molecule has 3 aromatic heterocycles. The first-order chi connectivity index (χ1) is 14.3. The molecular formula is C22H33IN8. The van der Waals surface area contributed by atoms with Crippen molar-refractivity contribution in [3.63, 3.8) is 0 Å². The van der Waals surface area contributed by atoms with Crippen molar-refractivity contribution in [2.24, 2.45) is 12.0 Å². The van der Waals surface area contributed by atoms with Gasteiger partial charge in [-0.15, -0.1) is 24.0 Å². The first kappa shape index (κ1) is 24.8. The summed E-state index contributed by atoms with van der Waals surface area (Å²) in [4.78, 5) is 8.91. The summed E-state index contributed by atoms with van der Waals surface area (Å²) in [6, 6.07) is 6.32. The summed E-state index contributed by atoms with van der Waals surface area (Å²) in [6.45, 7) is 11.0. The largest absolute Gasteiger partial charge is 0.354 e. The van der Waals surface area contributed by atoms with Gasteiger partial charge in [0, 0.05) is 44.3 Å². The second-order valence-corrected chi connectivity index (χ2v) is 7.81. The van der Waals surface area contributed by atoms with Gasteiger partial charge in [0.15, 0.2) is 11.8 Å². The Balaban J connectivity index is 0.00000341. The monoisotopic (exact) mass is 536 g/mol. The topological polar surface area (TPSA) is 84.9 Å². The van der Waals surface area contributed by atoms with E-state index in [1.54, 1.807) is 7.05 Å². The van der Waals surface area contributed by atoms with E-state index in [4.69, 9.17) is 0 Å². The van der Waals surface area contributed by atoms with E-state index in [9.17, 15) is 0 Å². The van der Waals surface area contributed by atoms with Crippen molar-refractivity contribution in [1.82, 2.24) is 35.2 Å². The smallest absolute Gasteiger partial charge is 0.191 e. The van der Waals surface area contributed by atoms with Gasteiger partial charge >= 0.3 is 0 Å². The molecule has 0 aliphatic carbocycles. The van der Waals surface area contributed by atoms with E-state index >= 15 is 0 Å². The van der Waals surface area contributed by atoms with Crippen LogP contribution in [-0.4, -0.2) is 43.6 Å². The predicted molar refractivity (Wildman–Crippen MR) is 135 cm³/mol. The fourth-order valence-corrected chi connectivity index (χ4v) is 3.59. The highest BCUT2D eigenvalue weighted by Gasteiger charge is 2.14. The maximum absolute atomic E-state index is 4.56. The van der Waals surface area contributed by atoms with Gasteiger partial charge in [0.25, 0.3) is 0 Å². The number of aliphatic imine (C=N–C) groups is 1. The van der Waals surface area contributed by atoms with Gasteiger partial charge in [-0.05, 0) is 64.3 Å². The lowest BCUT2D eigenvalue weighted by atomic mass is 10.1. The number of halogens is 1. The zero-order valence-electron chi connectivity index (χ0n) is 19.4. The van der Waals surface area contributed by atoms with Crippen molar-refractivity contribution in [2.75, 3.05) is 7.05 Å². The van der Waals surface area contributed by atoms with E-state index in [1.165, 1.54) is 11.3 Å². The molecule has 3 aromatic rings. The Morgan fingerprint density at radius 3 is 2.42 bits per heavy atom. The van der Waals surface area contributed by atoms with Crippen molar-refractivity contribution in [3.05, 3.63) is 58.3 Å². The molecule has 1 unspecified atom stereocenters. The van der Waals surface area contributed by atoms with Crippen molar-refractivity contribution in [3.8, 4) is 5.82 Å². The van der Waals surface area contributed by atoms with Crippen LogP contribution in [0.5, 0.6) is 0 Å². The Hall–Kier alpha value is -2.43. The highest BCUT2D eigenvalue weighted by Crippen LogP contribution is 2.14. The number of guanidine groups is 1. The van der Waals surface area contributed by atoms with Crippen molar-refractivity contribution in [2.45, 2.75) is 53.6 Å². The number of hydrogen-bond donors (Lipinski definition) is 2. The highest BCUT2D eigenvalue weighted by atomic mass is 127. The number of rotatable bonds is 6. The number of aromatic nitrogens is 5. The van der Waals surface area contributed by atoms with E-state index < -0.39 is 0 Å². The van der Waals surface area contributed by atoms with Crippen LogP contribution in [0.2, 0.25) is 0 Å². The van der Waals surface area contributed by atoms with Gasteiger partial charge in [-0.25, -0.2) is 9.67 Å². The van der Waals surface area contributed by atoms with Crippen LogP contribution in [0.15, 0.2) is 29.4 Å². The zero-order chi connectivity index (χ0) is 21.8. The molecular weight excluding hydrogens is 503 g/mol. The first-order valence-electron chi connectivity index (χ1n) is 10.2. The molecule has 0 bridgehead atoms. The number of pyridine rings is 1. The minimum absolute atomic E-state index is 0. The quantitative estimate of drug-likeness (QED) is 0.287. The predicted octanol–water partition coefficient (Wildman–Crippen LogP) is 3.15. The highest BCUT2D eigenvalue weighted by molar-refractivity contribution is 14.0. The molecule has 168 valence electrons. The van der Waals surface area contributed by atoms with E-state index in [2.05, 4.69) is 57.6 Å². The third-order valence-corrected chi connectivity index (χ3v) is 5.27. The summed E-state index contributed by atoms with van der Waals surface area (Å²) in [5, 5.41) is 15.8. The standard InChI is InChI=1S/C22H32N8.HI/c1-14(11-20-17(4)28-29(7)18(20)5)26-22(23-6)25-13-19-8-9-21(24-12-19)30-16(3)10-15(2)27-30;/h8-10,12,14H,11,13H2,1-7H3,(H2,23,25,26);1H. The van der Waals surface area contributed by atoms with E-state index in [0.717, 1.165) is 40.8 Å². The van der Waals surface area contributed by atoms with Gasteiger partial charge in [-0.2, -0.15) is 10.2 Å². The molecule has 3 heterocycles. The van der Waals surface area contributed by atoms with Crippen LogP contribution in [0.3, 0.4) is 0 Å². The molecule has 0 saturated carbocycles. The van der Waals surface area contributed by atoms with E-state index in [0.29, 0.717) is 6.54 Å². The normalized spacial score (nSPS) is 12.4. The Kier molecular flexibility index (Phi) is 8.60. The maximum atomic E-state index is 4.56. The summed E-state index contributed by atoms with van der Waals surface area (Å²) in [6.07, 6.45) is 2.77. The fraction of sp³-hybridized carbons (Fsp3) is 0.455. The summed E-state index contributed by atoms with van der Waals surface area (Å²) < 4.78 is 3.80. The van der Waals surface area contributed by atoms with E-state index in [1.807, 2.05) is 48.6 Å². The summed E-state index contributed by atoms with van der Waals surface area (Å²) in [7, 11) is 3.77. The van der Waals surface area contributed by atoms with Crippen LogP contribution in [0.4, 0.5) is 0 Å². The van der Waals surface area contributed by atoms with Gasteiger partial charge in [0.1, 0.15) is 0 Å². The maximum Gasteiger partial charge on any atom is 0.191 e. The minimum Gasteiger partial charge on any atom is -0.354 e. The Labute approximate surface area is 201 Å². The molecule has 0 aliphatic heterocycles. The summed E-state index contributed by atoms with van der Waals surface area (Å²) in [5.41, 5.74) is 6.72. The molecule has 0 saturated heterocycles. The van der Waals surface area contributed by atoms with Crippen molar-refractivity contribution in [1.29, 1.82) is 0 Å². The third kappa shape index (κ3) is 6.05. The average Bonchev–Trinajstić information content (AvgIpc) is 3.17. The third-order valence-electron chi connectivity index (χ3n) is 5.27. The van der Waals surface area contributed by atoms with Crippen LogP contribution in [0.1, 0.15) is 40.8 Å². The van der Waals surface area contributed by atoms with Gasteiger partial charge in [0.05, 0.1) is 11.4 Å². The number of aryl methyl sites for hydroxylation is 4.